The van der Waals surface area contributed by atoms with Gasteiger partial charge in [0.1, 0.15) is 12.2 Å². The molecule has 4 aromatic rings. The average Bonchev–Trinajstić information content (AvgIpc) is 3.53. The third-order valence-corrected chi connectivity index (χ3v) is 7.21. The number of imidazole rings is 1. The molecule has 0 saturated carbocycles. The van der Waals surface area contributed by atoms with Gasteiger partial charge in [0, 0.05) is 42.8 Å². The summed E-state index contributed by atoms with van der Waals surface area (Å²) < 4.78 is 6.15. The normalized spacial score (nSPS) is 18.4. The molecule has 176 valence electrons. The zero-order valence-electron chi connectivity index (χ0n) is 18.8. The number of nitrogens with zero attached hydrogens (tertiary/aromatic N) is 4. The van der Waals surface area contributed by atoms with Crippen LogP contribution >= 0.6 is 23.2 Å². The molecule has 7 nitrogen and oxygen atoms in total. The van der Waals surface area contributed by atoms with Crippen molar-refractivity contribution in [3.05, 3.63) is 87.8 Å². The van der Waals surface area contributed by atoms with Crippen molar-refractivity contribution in [3.63, 3.8) is 0 Å². The first-order chi connectivity index (χ1) is 16.9. The maximum atomic E-state index is 13.5. The van der Waals surface area contributed by atoms with E-state index in [1.165, 1.54) is 6.20 Å². The SMILES string of the molecule is CC(Oc1ccc(C#N)cn1)C1CN(C(=O)c2ccc3[nH]cnc3c2)CC1c1ccc(Cl)c(Cl)c1. The summed E-state index contributed by atoms with van der Waals surface area (Å²) >= 11 is 12.5. The van der Waals surface area contributed by atoms with Crippen LogP contribution in [-0.4, -0.2) is 45.0 Å². The number of nitriles is 1. The van der Waals surface area contributed by atoms with E-state index in [0.717, 1.165) is 16.6 Å². The molecule has 35 heavy (non-hydrogen) atoms. The Morgan fingerprint density at radius 2 is 2.00 bits per heavy atom. The molecule has 0 spiro atoms. The van der Waals surface area contributed by atoms with Crippen molar-refractivity contribution in [1.29, 1.82) is 5.26 Å². The summed E-state index contributed by atoms with van der Waals surface area (Å²) in [6, 6.07) is 16.5. The highest BCUT2D eigenvalue weighted by atomic mass is 35.5. The van der Waals surface area contributed by atoms with Gasteiger partial charge in [0.2, 0.25) is 5.88 Å². The molecule has 0 aliphatic carbocycles. The van der Waals surface area contributed by atoms with Gasteiger partial charge in [0.25, 0.3) is 5.91 Å². The van der Waals surface area contributed by atoms with Crippen molar-refractivity contribution in [2.24, 2.45) is 5.92 Å². The van der Waals surface area contributed by atoms with E-state index in [1.54, 1.807) is 30.6 Å². The Balaban J connectivity index is 1.42. The lowest BCUT2D eigenvalue weighted by atomic mass is 9.86. The lowest BCUT2D eigenvalue weighted by Gasteiger charge is -2.25. The molecule has 3 unspecified atom stereocenters. The number of aromatic amines is 1. The highest BCUT2D eigenvalue weighted by Gasteiger charge is 2.40. The van der Waals surface area contributed by atoms with Crippen molar-refractivity contribution in [2.75, 3.05) is 13.1 Å². The molecule has 1 aliphatic rings. The van der Waals surface area contributed by atoms with E-state index < -0.39 is 0 Å². The Kier molecular flexibility index (Phi) is 6.33. The van der Waals surface area contributed by atoms with Crippen LogP contribution in [0.2, 0.25) is 10.0 Å². The second-order valence-corrected chi connectivity index (χ2v) is 9.42. The number of nitrogens with one attached hydrogen (secondary N) is 1. The van der Waals surface area contributed by atoms with Crippen LogP contribution in [0.25, 0.3) is 11.0 Å². The van der Waals surface area contributed by atoms with Gasteiger partial charge in [-0.25, -0.2) is 9.97 Å². The van der Waals surface area contributed by atoms with E-state index in [0.29, 0.717) is 40.1 Å². The average molecular weight is 506 g/mol. The number of carbonyl (C=O) groups excluding carboxylic acids is 1. The van der Waals surface area contributed by atoms with Gasteiger partial charge >= 0.3 is 0 Å². The van der Waals surface area contributed by atoms with Gasteiger partial charge in [-0.15, -0.1) is 0 Å². The molecular weight excluding hydrogens is 485 g/mol. The van der Waals surface area contributed by atoms with Gasteiger partial charge in [-0.05, 0) is 48.9 Å². The summed E-state index contributed by atoms with van der Waals surface area (Å²) in [5, 5.41) is 9.97. The number of carbonyl (C=O) groups is 1. The highest BCUT2D eigenvalue weighted by molar-refractivity contribution is 6.42. The molecule has 1 saturated heterocycles. The predicted molar refractivity (Wildman–Crippen MR) is 134 cm³/mol. The van der Waals surface area contributed by atoms with Crippen molar-refractivity contribution in [3.8, 4) is 11.9 Å². The zero-order chi connectivity index (χ0) is 24.5. The number of ether oxygens (including phenoxy) is 1. The summed E-state index contributed by atoms with van der Waals surface area (Å²) in [6.45, 7) is 2.98. The van der Waals surface area contributed by atoms with Crippen LogP contribution in [0.4, 0.5) is 0 Å². The van der Waals surface area contributed by atoms with Crippen LogP contribution < -0.4 is 4.74 Å². The molecule has 0 bridgehead atoms. The van der Waals surface area contributed by atoms with Crippen LogP contribution in [0.1, 0.15) is 34.3 Å². The second kappa shape index (κ2) is 9.57. The number of benzene rings is 2. The number of halogens is 2. The monoisotopic (exact) mass is 505 g/mol. The lowest BCUT2D eigenvalue weighted by Crippen LogP contribution is -2.32. The van der Waals surface area contributed by atoms with Crippen molar-refractivity contribution < 1.29 is 9.53 Å². The number of rotatable bonds is 5. The van der Waals surface area contributed by atoms with E-state index in [4.69, 9.17) is 33.2 Å². The number of H-pyrrole nitrogens is 1. The molecule has 2 aromatic heterocycles. The van der Waals surface area contributed by atoms with Crippen molar-refractivity contribution in [2.45, 2.75) is 18.9 Å². The fourth-order valence-electron chi connectivity index (χ4n) is 4.61. The zero-order valence-corrected chi connectivity index (χ0v) is 20.3. The minimum Gasteiger partial charge on any atom is -0.474 e. The molecule has 2 aromatic carbocycles. The molecular formula is C26H21Cl2N5O2. The quantitative estimate of drug-likeness (QED) is 0.388. The molecule has 1 fully saturated rings. The molecule has 1 aliphatic heterocycles. The summed E-state index contributed by atoms with van der Waals surface area (Å²) in [6.07, 6.45) is 2.83. The summed E-state index contributed by atoms with van der Waals surface area (Å²) in [7, 11) is 0. The van der Waals surface area contributed by atoms with Gasteiger partial charge in [-0.3, -0.25) is 4.79 Å². The van der Waals surface area contributed by atoms with Crippen LogP contribution in [-0.2, 0) is 0 Å². The maximum Gasteiger partial charge on any atom is 0.253 e. The van der Waals surface area contributed by atoms with Crippen LogP contribution in [0, 0.1) is 17.2 Å². The first-order valence-corrected chi connectivity index (χ1v) is 11.9. The predicted octanol–water partition coefficient (Wildman–Crippen LogP) is 5.46. The molecule has 9 heteroatoms. The Morgan fingerprint density at radius 3 is 2.74 bits per heavy atom. The Labute approximate surface area is 212 Å². The smallest absolute Gasteiger partial charge is 0.253 e. The Bertz CT molecular complexity index is 1430. The second-order valence-electron chi connectivity index (χ2n) is 8.61. The number of hydrogen-bond acceptors (Lipinski definition) is 5. The maximum absolute atomic E-state index is 13.5. The summed E-state index contributed by atoms with van der Waals surface area (Å²) in [5.74, 6) is 0.322. The van der Waals surface area contributed by atoms with Gasteiger partial charge in [0.15, 0.2) is 0 Å². The van der Waals surface area contributed by atoms with E-state index in [9.17, 15) is 4.79 Å². The van der Waals surface area contributed by atoms with Crippen LogP contribution in [0.5, 0.6) is 5.88 Å². The number of pyridine rings is 1. The van der Waals surface area contributed by atoms with Gasteiger partial charge in [0.05, 0.1) is 33.0 Å². The standard InChI is InChI=1S/C26H21Cl2N5O2/c1-15(35-25-7-2-16(10-29)11-30-25)19-12-33(13-20(19)17-3-5-21(27)22(28)8-17)26(34)18-4-6-23-24(9-18)32-14-31-23/h2-9,11,14-15,19-20H,12-13H2,1H3,(H,31,32). The number of amides is 1. The number of likely N-dealkylation sites (tertiary alicyclic amines) is 1. The lowest BCUT2D eigenvalue weighted by molar-refractivity contribution is 0.0770. The minimum absolute atomic E-state index is 0.0174. The topological polar surface area (TPSA) is 94.9 Å². The number of aromatic nitrogens is 3. The molecule has 1 amide bonds. The largest absolute Gasteiger partial charge is 0.474 e. The van der Waals surface area contributed by atoms with E-state index in [1.807, 2.05) is 36.1 Å². The molecule has 5 rings (SSSR count). The van der Waals surface area contributed by atoms with E-state index in [-0.39, 0.29) is 23.8 Å². The summed E-state index contributed by atoms with van der Waals surface area (Å²) in [4.78, 5) is 26.9. The van der Waals surface area contributed by atoms with E-state index >= 15 is 0 Å². The fourth-order valence-corrected chi connectivity index (χ4v) is 4.91. The minimum atomic E-state index is -0.262. The van der Waals surface area contributed by atoms with Crippen molar-refractivity contribution >= 4 is 40.1 Å². The van der Waals surface area contributed by atoms with Gasteiger partial charge in [-0.1, -0.05) is 29.3 Å². The summed E-state index contributed by atoms with van der Waals surface area (Å²) in [5.41, 5.74) is 3.67. The molecule has 3 atom stereocenters. The fraction of sp³-hybridized carbons (Fsp3) is 0.231. The van der Waals surface area contributed by atoms with Crippen LogP contribution in [0.15, 0.2) is 61.1 Å². The van der Waals surface area contributed by atoms with Gasteiger partial charge in [-0.2, -0.15) is 5.26 Å². The third kappa shape index (κ3) is 4.68. The molecule has 3 heterocycles. The van der Waals surface area contributed by atoms with E-state index in [2.05, 4.69) is 21.0 Å². The first-order valence-electron chi connectivity index (χ1n) is 11.1. The Morgan fingerprint density at radius 1 is 1.14 bits per heavy atom. The molecule has 1 N–H and O–H groups in total. The molecule has 0 radical (unpaired) electrons. The first kappa shape index (κ1) is 23.2. The third-order valence-electron chi connectivity index (χ3n) is 6.47. The van der Waals surface area contributed by atoms with Crippen LogP contribution in [0.3, 0.4) is 0 Å². The number of fused-ring (bicyclic) bond motifs is 1. The van der Waals surface area contributed by atoms with Gasteiger partial charge < -0.3 is 14.6 Å². The van der Waals surface area contributed by atoms with Crippen molar-refractivity contribution in [1.82, 2.24) is 19.9 Å². The number of hydrogen-bond donors (Lipinski definition) is 1. The Hall–Kier alpha value is -3.60. The highest BCUT2D eigenvalue weighted by Crippen LogP contribution is 2.38.